The smallest absolute Gasteiger partial charge is 0.160 e. The van der Waals surface area contributed by atoms with Gasteiger partial charge in [-0.3, -0.25) is 4.98 Å². The highest BCUT2D eigenvalue weighted by molar-refractivity contribution is 6.06. The van der Waals surface area contributed by atoms with Crippen LogP contribution in [-0.2, 0) is 0 Å². The van der Waals surface area contributed by atoms with Gasteiger partial charge in [0, 0.05) is 39.9 Å². The van der Waals surface area contributed by atoms with E-state index in [1.807, 2.05) is 48.8 Å². The number of furan rings is 1. The zero-order chi connectivity index (χ0) is 36.6. The van der Waals surface area contributed by atoms with E-state index in [1.165, 1.54) is 0 Å². The zero-order valence-electron chi connectivity index (χ0n) is 29.8. The Morgan fingerprint density at radius 1 is 0.291 bits per heavy atom. The maximum absolute atomic E-state index is 6.19. The fraction of sp³-hybridized carbons (Fsp3) is 0. The molecular formula is C51H33N3O. The standard InChI is InChI=1S/C51H33N3O/c1-4-12-34(13-5-1)39-26-41(36-22-24-52-25-23-36)30-43(28-39)47-33-48(54-51(53-47)37-16-8-3-9-17-37)44-29-40(35-14-6-2-7-15-35)27-42(31-44)38-20-21-50-46(32-38)45-18-10-11-19-49(45)55-50/h1-33H. The number of benzene rings is 7. The lowest BCUT2D eigenvalue weighted by Gasteiger charge is -2.15. The lowest BCUT2D eigenvalue weighted by molar-refractivity contribution is 0.669. The van der Waals surface area contributed by atoms with Gasteiger partial charge in [-0.1, -0.05) is 115 Å². The summed E-state index contributed by atoms with van der Waals surface area (Å²) < 4.78 is 6.19. The van der Waals surface area contributed by atoms with Gasteiger partial charge in [-0.05, 0) is 117 Å². The van der Waals surface area contributed by atoms with E-state index in [1.54, 1.807) is 0 Å². The second-order valence-electron chi connectivity index (χ2n) is 13.7. The summed E-state index contributed by atoms with van der Waals surface area (Å²) in [7, 11) is 0. The Labute approximate surface area is 319 Å². The van der Waals surface area contributed by atoms with Crippen molar-refractivity contribution in [2.75, 3.05) is 0 Å². The zero-order valence-corrected chi connectivity index (χ0v) is 29.8. The van der Waals surface area contributed by atoms with Crippen LogP contribution in [0.25, 0.3) is 100 Å². The molecule has 0 amide bonds. The summed E-state index contributed by atoms with van der Waals surface area (Å²) in [6.45, 7) is 0. The molecule has 3 aromatic heterocycles. The van der Waals surface area contributed by atoms with Crippen LogP contribution < -0.4 is 0 Å². The van der Waals surface area contributed by atoms with Gasteiger partial charge in [-0.2, -0.15) is 0 Å². The molecule has 0 aliphatic carbocycles. The molecule has 55 heavy (non-hydrogen) atoms. The topological polar surface area (TPSA) is 51.8 Å². The van der Waals surface area contributed by atoms with Gasteiger partial charge in [0.15, 0.2) is 5.82 Å². The van der Waals surface area contributed by atoms with Gasteiger partial charge >= 0.3 is 0 Å². The highest BCUT2D eigenvalue weighted by Gasteiger charge is 2.16. The summed E-state index contributed by atoms with van der Waals surface area (Å²) in [4.78, 5) is 14.8. The summed E-state index contributed by atoms with van der Waals surface area (Å²) >= 11 is 0. The van der Waals surface area contributed by atoms with E-state index >= 15 is 0 Å². The fourth-order valence-electron chi connectivity index (χ4n) is 7.39. The molecule has 0 atom stereocenters. The Balaban J connectivity index is 1.19. The van der Waals surface area contributed by atoms with Crippen LogP contribution >= 0.6 is 0 Å². The molecule has 7 aromatic carbocycles. The summed E-state index contributed by atoms with van der Waals surface area (Å²) in [6.07, 6.45) is 3.68. The summed E-state index contributed by atoms with van der Waals surface area (Å²) in [5.41, 5.74) is 15.3. The SMILES string of the molecule is c1ccc(-c2cc(-c3ccncc3)cc(-c3cc(-c4cc(-c5ccccc5)cc(-c5ccc6oc7ccccc7c6c5)c4)nc(-c4ccccc4)n3)c2)cc1. The molecule has 0 aliphatic rings. The number of fused-ring (bicyclic) bond motifs is 3. The Hall–Kier alpha value is -7.43. The lowest BCUT2D eigenvalue weighted by atomic mass is 9.93. The maximum Gasteiger partial charge on any atom is 0.160 e. The Kier molecular flexibility index (Phi) is 8.12. The van der Waals surface area contributed by atoms with E-state index in [0.717, 1.165) is 94.5 Å². The van der Waals surface area contributed by atoms with Crippen LogP contribution in [0.5, 0.6) is 0 Å². The first-order valence-electron chi connectivity index (χ1n) is 18.4. The van der Waals surface area contributed by atoms with Crippen LogP contribution in [-0.4, -0.2) is 15.0 Å². The van der Waals surface area contributed by atoms with Gasteiger partial charge in [0.1, 0.15) is 11.2 Å². The normalized spacial score (nSPS) is 11.3. The van der Waals surface area contributed by atoms with E-state index in [9.17, 15) is 0 Å². The molecule has 0 spiro atoms. The molecule has 4 heteroatoms. The van der Waals surface area contributed by atoms with Crippen molar-refractivity contribution in [3.05, 3.63) is 200 Å². The summed E-state index contributed by atoms with van der Waals surface area (Å²) in [5.74, 6) is 0.668. The Morgan fingerprint density at radius 3 is 1.33 bits per heavy atom. The van der Waals surface area contributed by atoms with E-state index in [-0.39, 0.29) is 0 Å². The third-order valence-electron chi connectivity index (χ3n) is 10.2. The first kappa shape index (κ1) is 32.2. The molecule has 258 valence electrons. The highest BCUT2D eigenvalue weighted by Crippen LogP contribution is 2.38. The maximum atomic E-state index is 6.19. The molecule has 0 aliphatic heterocycles. The number of nitrogens with zero attached hydrogens (tertiary/aromatic N) is 3. The Morgan fingerprint density at radius 2 is 0.745 bits per heavy atom. The molecule has 3 heterocycles. The monoisotopic (exact) mass is 703 g/mol. The van der Waals surface area contributed by atoms with Crippen molar-refractivity contribution in [1.29, 1.82) is 0 Å². The number of hydrogen-bond donors (Lipinski definition) is 0. The first-order valence-corrected chi connectivity index (χ1v) is 18.4. The predicted octanol–water partition coefficient (Wildman–Crippen LogP) is 13.4. The van der Waals surface area contributed by atoms with Crippen LogP contribution in [0.2, 0.25) is 0 Å². The molecule has 10 aromatic rings. The second-order valence-corrected chi connectivity index (χ2v) is 13.7. The van der Waals surface area contributed by atoms with Gasteiger partial charge in [0.05, 0.1) is 11.4 Å². The largest absolute Gasteiger partial charge is 0.456 e. The van der Waals surface area contributed by atoms with Gasteiger partial charge < -0.3 is 4.42 Å². The lowest BCUT2D eigenvalue weighted by Crippen LogP contribution is -1.97. The quantitative estimate of drug-likeness (QED) is 0.166. The van der Waals surface area contributed by atoms with Crippen LogP contribution in [0, 0.1) is 0 Å². The number of aromatic nitrogens is 3. The van der Waals surface area contributed by atoms with Crippen molar-refractivity contribution in [2.24, 2.45) is 0 Å². The van der Waals surface area contributed by atoms with Crippen LogP contribution in [0.1, 0.15) is 0 Å². The van der Waals surface area contributed by atoms with E-state index in [0.29, 0.717) is 5.82 Å². The minimum Gasteiger partial charge on any atom is -0.456 e. The predicted molar refractivity (Wildman–Crippen MR) is 225 cm³/mol. The highest BCUT2D eigenvalue weighted by atomic mass is 16.3. The van der Waals surface area contributed by atoms with Crippen LogP contribution in [0.4, 0.5) is 0 Å². The Bertz CT molecular complexity index is 2900. The number of pyridine rings is 1. The van der Waals surface area contributed by atoms with E-state index < -0.39 is 0 Å². The summed E-state index contributed by atoms with van der Waals surface area (Å²) in [5, 5.41) is 2.20. The molecule has 0 saturated heterocycles. The minimum atomic E-state index is 0.668. The molecule has 10 rings (SSSR count). The fourth-order valence-corrected chi connectivity index (χ4v) is 7.39. The van der Waals surface area contributed by atoms with Gasteiger partial charge in [-0.25, -0.2) is 9.97 Å². The first-order chi connectivity index (χ1) is 27.2. The van der Waals surface area contributed by atoms with Crippen molar-refractivity contribution in [2.45, 2.75) is 0 Å². The third-order valence-corrected chi connectivity index (χ3v) is 10.2. The van der Waals surface area contributed by atoms with Crippen molar-refractivity contribution in [3.8, 4) is 78.4 Å². The van der Waals surface area contributed by atoms with Crippen LogP contribution in [0.3, 0.4) is 0 Å². The molecule has 0 radical (unpaired) electrons. The minimum absolute atomic E-state index is 0.668. The van der Waals surface area contributed by atoms with Crippen LogP contribution in [0.15, 0.2) is 205 Å². The molecule has 4 nitrogen and oxygen atoms in total. The molecule has 0 saturated carbocycles. The van der Waals surface area contributed by atoms with Gasteiger partial charge in [-0.15, -0.1) is 0 Å². The van der Waals surface area contributed by atoms with Gasteiger partial charge in [0.2, 0.25) is 0 Å². The number of rotatable bonds is 7. The molecule has 0 unspecified atom stereocenters. The van der Waals surface area contributed by atoms with Crippen molar-refractivity contribution in [3.63, 3.8) is 0 Å². The molecule has 0 N–H and O–H groups in total. The second kappa shape index (κ2) is 13.8. The molecule has 0 fully saturated rings. The van der Waals surface area contributed by atoms with E-state index in [2.05, 4.69) is 157 Å². The molecular weight excluding hydrogens is 671 g/mol. The van der Waals surface area contributed by atoms with Crippen molar-refractivity contribution in [1.82, 2.24) is 15.0 Å². The van der Waals surface area contributed by atoms with Crippen molar-refractivity contribution >= 4 is 21.9 Å². The van der Waals surface area contributed by atoms with Crippen molar-refractivity contribution < 1.29 is 4.42 Å². The number of para-hydroxylation sites is 1. The molecule has 0 bridgehead atoms. The number of hydrogen-bond acceptors (Lipinski definition) is 4. The third kappa shape index (κ3) is 6.36. The average molecular weight is 704 g/mol. The average Bonchev–Trinajstić information content (AvgIpc) is 3.65. The summed E-state index contributed by atoms with van der Waals surface area (Å²) in [6, 6.07) is 65.7. The van der Waals surface area contributed by atoms with E-state index in [4.69, 9.17) is 14.4 Å². The van der Waals surface area contributed by atoms with Gasteiger partial charge in [0.25, 0.3) is 0 Å².